The normalized spacial score (nSPS) is 11.4. The second-order valence-electron chi connectivity index (χ2n) is 5.48. The number of sulfonamides is 1. The lowest BCUT2D eigenvalue weighted by Gasteiger charge is -2.14. The van der Waals surface area contributed by atoms with Crippen LogP contribution in [-0.4, -0.2) is 45.6 Å². The number of rotatable bonds is 7. The molecule has 0 aliphatic carbocycles. The fourth-order valence-corrected chi connectivity index (χ4v) is 3.10. The molecule has 1 aromatic heterocycles. The third-order valence-corrected chi connectivity index (χ3v) is 4.66. The minimum atomic E-state index is -4.15. The number of aromatic nitrogens is 2. The Bertz CT molecular complexity index is 859. The van der Waals surface area contributed by atoms with Crippen LogP contribution < -0.4 is 14.9 Å². The van der Waals surface area contributed by atoms with E-state index in [1.807, 2.05) is 25.9 Å². The molecule has 2 rings (SSSR count). The fraction of sp³-hybridized carbons (Fsp3) is 0.333. The maximum absolute atomic E-state index is 13.6. The number of hydrogen-bond acceptors (Lipinski definition) is 6. The highest BCUT2D eigenvalue weighted by atomic mass is 32.2. The molecule has 0 fully saturated rings. The van der Waals surface area contributed by atoms with Gasteiger partial charge in [0, 0.05) is 38.9 Å². The van der Waals surface area contributed by atoms with Gasteiger partial charge in [0.1, 0.15) is 22.3 Å². The highest BCUT2D eigenvalue weighted by molar-refractivity contribution is 7.89. The predicted molar refractivity (Wildman–Crippen MR) is 91.1 cm³/mol. The molecule has 25 heavy (non-hydrogen) atoms. The van der Waals surface area contributed by atoms with E-state index in [1.54, 1.807) is 6.07 Å². The van der Waals surface area contributed by atoms with E-state index in [-0.39, 0.29) is 13.1 Å². The SMILES string of the molecule is Cc1cc(N(C)C)nc(NCCNS(=O)(=O)c2cc(F)ccc2F)n1. The molecule has 0 bridgehead atoms. The minimum Gasteiger partial charge on any atom is -0.363 e. The Morgan fingerprint density at radius 1 is 1.12 bits per heavy atom. The van der Waals surface area contributed by atoms with Crippen LogP contribution in [0.15, 0.2) is 29.2 Å². The number of nitrogens with zero attached hydrogens (tertiary/aromatic N) is 3. The summed E-state index contributed by atoms with van der Waals surface area (Å²) in [6.07, 6.45) is 0. The Labute approximate surface area is 145 Å². The van der Waals surface area contributed by atoms with Crippen molar-refractivity contribution in [3.8, 4) is 0 Å². The Balaban J connectivity index is 1.98. The molecule has 2 aromatic rings. The lowest BCUT2D eigenvalue weighted by atomic mass is 10.3. The van der Waals surface area contributed by atoms with Crippen LogP contribution in [0.25, 0.3) is 0 Å². The van der Waals surface area contributed by atoms with Gasteiger partial charge in [-0.2, -0.15) is 4.98 Å². The second-order valence-corrected chi connectivity index (χ2v) is 7.22. The molecule has 0 radical (unpaired) electrons. The number of hydrogen-bond donors (Lipinski definition) is 2. The lowest BCUT2D eigenvalue weighted by molar-refractivity contribution is 0.546. The Morgan fingerprint density at radius 3 is 2.52 bits per heavy atom. The van der Waals surface area contributed by atoms with Crippen LogP contribution in [0.3, 0.4) is 0 Å². The van der Waals surface area contributed by atoms with Gasteiger partial charge in [-0.1, -0.05) is 0 Å². The summed E-state index contributed by atoms with van der Waals surface area (Å²) in [5, 5.41) is 2.89. The van der Waals surface area contributed by atoms with Gasteiger partial charge in [0.15, 0.2) is 0 Å². The third-order valence-electron chi connectivity index (χ3n) is 3.18. The molecule has 136 valence electrons. The van der Waals surface area contributed by atoms with Gasteiger partial charge in [-0.3, -0.25) is 0 Å². The first-order chi connectivity index (χ1) is 11.7. The van der Waals surface area contributed by atoms with Crippen LogP contribution >= 0.6 is 0 Å². The van der Waals surface area contributed by atoms with Crippen molar-refractivity contribution in [2.45, 2.75) is 11.8 Å². The Hall–Kier alpha value is -2.33. The highest BCUT2D eigenvalue weighted by Crippen LogP contribution is 2.15. The first-order valence-corrected chi connectivity index (χ1v) is 8.89. The molecule has 0 unspecified atom stereocenters. The maximum Gasteiger partial charge on any atom is 0.243 e. The number of aryl methyl sites for hydroxylation is 1. The van der Waals surface area contributed by atoms with Crippen LogP contribution in [0.4, 0.5) is 20.5 Å². The summed E-state index contributed by atoms with van der Waals surface area (Å²) in [7, 11) is -0.471. The van der Waals surface area contributed by atoms with E-state index in [0.29, 0.717) is 17.8 Å². The molecule has 0 amide bonds. The maximum atomic E-state index is 13.6. The van der Waals surface area contributed by atoms with Crippen molar-refractivity contribution in [1.82, 2.24) is 14.7 Å². The van der Waals surface area contributed by atoms with Gasteiger partial charge in [-0.05, 0) is 25.1 Å². The Kier molecular flexibility index (Phi) is 5.85. The van der Waals surface area contributed by atoms with Gasteiger partial charge < -0.3 is 10.2 Å². The second kappa shape index (κ2) is 7.70. The smallest absolute Gasteiger partial charge is 0.243 e. The minimum absolute atomic E-state index is 0.0487. The van der Waals surface area contributed by atoms with E-state index in [9.17, 15) is 17.2 Å². The van der Waals surface area contributed by atoms with Crippen molar-refractivity contribution in [3.63, 3.8) is 0 Å². The van der Waals surface area contributed by atoms with E-state index in [4.69, 9.17) is 0 Å². The molecule has 0 aliphatic rings. The molecule has 0 saturated heterocycles. The van der Waals surface area contributed by atoms with Gasteiger partial charge in [0.2, 0.25) is 16.0 Å². The van der Waals surface area contributed by atoms with Crippen molar-refractivity contribution in [1.29, 1.82) is 0 Å². The zero-order valence-corrected chi connectivity index (χ0v) is 14.9. The summed E-state index contributed by atoms with van der Waals surface area (Å²) in [6, 6.07) is 4.07. The van der Waals surface area contributed by atoms with Gasteiger partial charge in [0.05, 0.1) is 0 Å². The third kappa shape index (κ3) is 5.07. The summed E-state index contributed by atoms with van der Waals surface area (Å²) >= 11 is 0. The topological polar surface area (TPSA) is 87.2 Å². The van der Waals surface area contributed by atoms with Crippen LogP contribution in [0, 0.1) is 18.6 Å². The van der Waals surface area contributed by atoms with E-state index in [0.717, 1.165) is 17.8 Å². The van der Waals surface area contributed by atoms with Gasteiger partial charge >= 0.3 is 0 Å². The zero-order chi connectivity index (χ0) is 18.6. The van der Waals surface area contributed by atoms with Crippen LogP contribution in [0.5, 0.6) is 0 Å². The van der Waals surface area contributed by atoms with Gasteiger partial charge in [0.25, 0.3) is 0 Å². The number of benzene rings is 1. The molecule has 10 heteroatoms. The van der Waals surface area contributed by atoms with Gasteiger partial charge in [-0.25, -0.2) is 26.9 Å². The summed E-state index contributed by atoms with van der Waals surface area (Å²) in [6.45, 7) is 1.94. The molecule has 2 N–H and O–H groups in total. The molecule has 0 atom stereocenters. The van der Waals surface area contributed by atoms with Crippen molar-refractivity contribution >= 4 is 21.8 Å². The van der Waals surface area contributed by atoms with Crippen molar-refractivity contribution < 1.29 is 17.2 Å². The van der Waals surface area contributed by atoms with Gasteiger partial charge in [-0.15, -0.1) is 0 Å². The number of halogens is 2. The largest absolute Gasteiger partial charge is 0.363 e. The quantitative estimate of drug-likeness (QED) is 0.718. The van der Waals surface area contributed by atoms with Crippen molar-refractivity contribution in [2.24, 2.45) is 0 Å². The molecule has 0 spiro atoms. The molecule has 0 saturated carbocycles. The lowest BCUT2D eigenvalue weighted by Crippen LogP contribution is -2.30. The number of nitrogens with one attached hydrogen (secondary N) is 2. The summed E-state index contributed by atoms with van der Waals surface area (Å²) < 4.78 is 53.0. The molecule has 7 nitrogen and oxygen atoms in total. The first-order valence-electron chi connectivity index (χ1n) is 7.40. The van der Waals surface area contributed by atoms with Crippen LogP contribution in [0.2, 0.25) is 0 Å². The van der Waals surface area contributed by atoms with Crippen molar-refractivity contribution in [2.75, 3.05) is 37.4 Å². The monoisotopic (exact) mass is 371 g/mol. The average Bonchev–Trinajstić information content (AvgIpc) is 2.53. The molecular formula is C15H19F2N5O2S. The standard InChI is InChI=1S/C15H19F2N5O2S/c1-10-8-14(22(2)3)21-15(20-10)18-6-7-19-25(23,24)13-9-11(16)4-5-12(13)17/h4-5,8-9,19H,6-7H2,1-3H3,(H,18,20,21). The molecular weight excluding hydrogens is 352 g/mol. The van der Waals surface area contributed by atoms with E-state index in [1.165, 1.54) is 0 Å². The number of anilines is 2. The van der Waals surface area contributed by atoms with Crippen LogP contribution in [-0.2, 0) is 10.0 Å². The molecule has 0 aliphatic heterocycles. The zero-order valence-electron chi connectivity index (χ0n) is 14.0. The molecule has 1 heterocycles. The fourth-order valence-electron chi connectivity index (χ4n) is 1.98. The Morgan fingerprint density at radius 2 is 1.84 bits per heavy atom. The van der Waals surface area contributed by atoms with E-state index >= 15 is 0 Å². The first kappa shape index (κ1) is 19.0. The molecule has 1 aromatic carbocycles. The van der Waals surface area contributed by atoms with E-state index in [2.05, 4.69) is 20.0 Å². The van der Waals surface area contributed by atoms with E-state index < -0.39 is 26.6 Å². The predicted octanol–water partition coefficient (Wildman–Crippen LogP) is 1.52. The van der Waals surface area contributed by atoms with Crippen molar-refractivity contribution in [3.05, 3.63) is 41.6 Å². The summed E-state index contributed by atoms with van der Waals surface area (Å²) in [4.78, 5) is 9.55. The summed E-state index contributed by atoms with van der Waals surface area (Å²) in [5.74, 6) is -0.791. The van der Waals surface area contributed by atoms with Crippen LogP contribution in [0.1, 0.15) is 5.69 Å². The summed E-state index contributed by atoms with van der Waals surface area (Å²) in [5.41, 5.74) is 0.753. The highest BCUT2D eigenvalue weighted by Gasteiger charge is 2.19. The average molecular weight is 371 g/mol.